The second-order valence-corrected chi connectivity index (χ2v) is 8.26. The fraction of sp³-hybridized carbons (Fsp3) is 0.500. The van der Waals surface area contributed by atoms with Gasteiger partial charge in [-0.15, -0.1) is 11.8 Å². The lowest BCUT2D eigenvalue weighted by Crippen LogP contribution is -2.62. The predicted molar refractivity (Wildman–Crippen MR) is 77.6 cm³/mol. The van der Waals surface area contributed by atoms with E-state index < -0.39 is 15.6 Å². The van der Waals surface area contributed by atoms with Crippen LogP contribution in [0, 0.1) is 0 Å². The molecule has 0 spiro atoms. The first-order valence-corrected chi connectivity index (χ1v) is 8.57. The van der Waals surface area contributed by atoms with Gasteiger partial charge in [0.05, 0.1) is 11.4 Å². The highest BCUT2D eigenvalue weighted by atomic mass is 32.2. The fourth-order valence-electron chi connectivity index (χ4n) is 1.91. The molecule has 1 aliphatic heterocycles. The van der Waals surface area contributed by atoms with Gasteiger partial charge in [0.25, 0.3) is 0 Å². The van der Waals surface area contributed by atoms with E-state index >= 15 is 0 Å². The van der Waals surface area contributed by atoms with Crippen LogP contribution in [0.15, 0.2) is 29.2 Å². The molecule has 0 radical (unpaired) electrons. The van der Waals surface area contributed by atoms with Crippen LogP contribution in [-0.2, 0) is 10.0 Å². The van der Waals surface area contributed by atoms with Crippen molar-refractivity contribution in [3.63, 3.8) is 0 Å². The van der Waals surface area contributed by atoms with Gasteiger partial charge < -0.3 is 10.8 Å². The molecule has 19 heavy (non-hydrogen) atoms. The third-order valence-electron chi connectivity index (χ3n) is 2.90. The van der Waals surface area contributed by atoms with Crippen molar-refractivity contribution in [2.45, 2.75) is 17.4 Å². The zero-order valence-electron chi connectivity index (χ0n) is 10.7. The highest BCUT2D eigenvalue weighted by Crippen LogP contribution is 2.25. The van der Waals surface area contributed by atoms with Gasteiger partial charge in [-0.25, -0.2) is 8.42 Å². The van der Waals surface area contributed by atoms with Crippen molar-refractivity contribution in [1.29, 1.82) is 0 Å². The number of nitrogens with two attached hydrogens (primary N) is 1. The van der Waals surface area contributed by atoms with Gasteiger partial charge in [0.2, 0.25) is 10.0 Å². The normalized spacial score (nSPS) is 19.1. The van der Waals surface area contributed by atoms with Gasteiger partial charge in [0.1, 0.15) is 0 Å². The molecule has 0 unspecified atom stereocenters. The Labute approximate surface area is 117 Å². The molecule has 0 bridgehead atoms. The number of anilines is 1. The minimum absolute atomic E-state index is 0.0720. The summed E-state index contributed by atoms with van der Waals surface area (Å²) in [5.74, 6) is 0.549. The lowest BCUT2D eigenvalue weighted by molar-refractivity contribution is -0.0425. The summed E-state index contributed by atoms with van der Waals surface area (Å²) in [6.45, 7) is 2.02. The molecule has 0 saturated carbocycles. The summed E-state index contributed by atoms with van der Waals surface area (Å²) in [5.41, 5.74) is 5.46. The first kappa shape index (κ1) is 14.6. The van der Waals surface area contributed by atoms with E-state index in [4.69, 9.17) is 5.73 Å². The molecule has 1 heterocycles. The van der Waals surface area contributed by atoms with Crippen molar-refractivity contribution >= 4 is 27.5 Å². The van der Waals surface area contributed by atoms with Crippen LogP contribution in [0.1, 0.15) is 6.92 Å². The molecule has 1 fully saturated rings. The average Bonchev–Trinajstić information content (AvgIpc) is 2.25. The van der Waals surface area contributed by atoms with Crippen LogP contribution in [-0.4, -0.2) is 48.0 Å². The molecule has 1 aromatic rings. The average molecular weight is 302 g/mol. The second-order valence-electron chi connectivity index (χ2n) is 5.00. The molecule has 2 rings (SSSR count). The van der Waals surface area contributed by atoms with Gasteiger partial charge in [0.15, 0.2) is 0 Å². The first-order valence-electron chi connectivity index (χ1n) is 5.97. The minimum atomic E-state index is -3.25. The molecule has 1 aromatic carbocycles. The fourth-order valence-corrected chi connectivity index (χ4v) is 4.92. The molecule has 0 atom stereocenters. The van der Waals surface area contributed by atoms with Crippen LogP contribution in [0.3, 0.4) is 0 Å². The maximum atomic E-state index is 11.9. The van der Waals surface area contributed by atoms with Crippen LogP contribution < -0.4 is 5.73 Å². The number of aliphatic hydroxyl groups is 1. The highest BCUT2D eigenvalue weighted by Gasteiger charge is 2.42. The number of sulfonamides is 1. The van der Waals surface area contributed by atoms with E-state index in [1.807, 2.05) is 18.2 Å². The lowest BCUT2D eigenvalue weighted by atomic mass is 10.0. The highest BCUT2D eigenvalue weighted by molar-refractivity contribution is 8.00. The number of thioether (sulfide) groups is 1. The molecule has 5 nitrogen and oxygen atoms in total. The van der Waals surface area contributed by atoms with Gasteiger partial charge >= 0.3 is 0 Å². The molecule has 0 aliphatic carbocycles. The molecule has 7 heteroatoms. The Kier molecular flexibility index (Phi) is 4.10. The monoisotopic (exact) mass is 302 g/mol. The third kappa shape index (κ3) is 3.85. The molecule has 0 aromatic heterocycles. The van der Waals surface area contributed by atoms with Crippen molar-refractivity contribution in [3.8, 4) is 0 Å². The minimum Gasteiger partial charge on any atom is -0.399 e. The largest absolute Gasteiger partial charge is 0.399 e. The van der Waals surface area contributed by atoms with E-state index in [0.717, 1.165) is 4.90 Å². The summed E-state index contributed by atoms with van der Waals surface area (Å²) < 4.78 is 25.2. The summed E-state index contributed by atoms with van der Waals surface area (Å²) in [5, 5.41) is 9.56. The van der Waals surface area contributed by atoms with Crippen molar-refractivity contribution in [2.75, 3.05) is 30.3 Å². The number of nitrogen functional groups attached to an aromatic ring is 1. The van der Waals surface area contributed by atoms with E-state index in [-0.39, 0.29) is 18.8 Å². The van der Waals surface area contributed by atoms with E-state index in [1.54, 1.807) is 13.0 Å². The summed E-state index contributed by atoms with van der Waals surface area (Å²) in [6, 6.07) is 7.37. The van der Waals surface area contributed by atoms with Gasteiger partial charge in [-0.1, -0.05) is 6.07 Å². The van der Waals surface area contributed by atoms with E-state index in [9.17, 15) is 13.5 Å². The molecule has 1 saturated heterocycles. The van der Waals surface area contributed by atoms with Crippen LogP contribution in [0.4, 0.5) is 5.69 Å². The van der Waals surface area contributed by atoms with Crippen LogP contribution >= 0.6 is 11.8 Å². The summed E-state index contributed by atoms with van der Waals surface area (Å²) in [4.78, 5) is 0.964. The Bertz CT molecular complexity index is 550. The molecular weight excluding hydrogens is 284 g/mol. The van der Waals surface area contributed by atoms with Crippen molar-refractivity contribution < 1.29 is 13.5 Å². The molecule has 1 aliphatic rings. The first-order chi connectivity index (χ1) is 8.78. The zero-order valence-corrected chi connectivity index (χ0v) is 12.4. The number of benzene rings is 1. The maximum Gasteiger partial charge on any atom is 0.215 e. The third-order valence-corrected chi connectivity index (χ3v) is 5.91. The van der Waals surface area contributed by atoms with Crippen LogP contribution in [0.5, 0.6) is 0 Å². The van der Waals surface area contributed by atoms with E-state index in [2.05, 4.69) is 0 Å². The summed E-state index contributed by atoms with van der Waals surface area (Å²) in [6.07, 6.45) is 0. The Morgan fingerprint density at radius 3 is 2.74 bits per heavy atom. The van der Waals surface area contributed by atoms with Crippen LogP contribution in [0.25, 0.3) is 0 Å². The van der Waals surface area contributed by atoms with Crippen LogP contribution in [0.2, 0.25) is 0 Å². The Balaban J connectivity index is 1.83. The molecule has 106 valence electrons. The van der Waals surface area contributed by atoms with Crippen molar-refractivity contribution in [2.24, 2.45) is 0 Å². The SMILES string of the molecule is CC1(O)CN(S(=O)(=O)CCSc2cccc(N)c2)C1. The lowest BCUT2D eigenvalue weighted by Gasteiger charge is -2.42. The predicted octanol–water partition coefficient (Wildman–Crippen LogP) is 0.757. The van der Waals surface area contributed by atoms with Gasteiger partial charge in [0, 0.05) is 29.4 Å². The summed E-state index contributed by atoms with van der Waals surface area (Å²) in [7, 11) is -3.25. The number of hydrogen-bond acceptors (Lipinski definition) is 5. The topological polar surface area (TPSA) is 83.6 Å². The standard InChI is InChI=1S/C12H18N2O3S2/c1-12(15)8-14(9-12)19(16,17)6-5-18-11-4-2-3-10(13)7-11/h2-4,7,15H,5-6,8-9,13H2,1H3. The van der Waals surface area contributed by atoms with Gasteiger partial charge in [-0.3, -0.25) is 0 Å². The Hall–Kier alpha value is -0.760. The van der Waals surface area contributed by atoms with Crippen molar-refractivity contribution in [1.82, 2.24) is 4.31 Å². The zero-order chi connectivity index (χ0) is 14.1. The Morgan fingerprint density at radius 2 is 2.16 bits per heavy atom. The maximum absolute atomic E-state index is 11.9. The van der Waals surface area contributed by atoms with Gasteiger partial charge in [-0.2, -0.15) is 4.31 Å². The van der Waals surface area contributed by atoms with E-state index in [0.29, 0.717) is 11.4 Å². The van der Waals surface area contributed by atoms with Gasteiger partial charge in [-0.05, 0) is 25.1 Å². The number of nitrogens with zero attached hydrogens (tertiary/aromatic N) is 1. The second kappa shape index (κ2) is 5.32. The smallest absolute Gasteiger partial charge is 0.215 e. The quantitative estimate of drug-likeness (QED) is 0.619. The molecular formula is C12H18N2O3S2. The Morgan fingerprint density at radius 1 is 1.47 bits per heavy atom. The molecule has 0 amide bonds. The number of rotatable bonds is 5. The number of hydrogen-bond donors (Lipinski definition) is 2. The van der Waals surface area contributed by atoms with Crippen molar-refractivity contribution in [3.05, 3.63) is 24.3 Å². The molecule has 3 N–H and O–H groups in total. The number of β-amino-alcohol motifs (C(OH)–C–C–N with tert-alkyl or cyclic N) is 1. The van der Waals surface area contributed by atoms with E-state index in [1.165, 1.54) is 16.1 Å². The summed E-state index contributed by atoms with van der Waals surface area (Å²) >= 11 is 1.47.